The summed E-state index contributed by atoms with van der Waals surface area (Å²) in [5, 5.41) is 0. The Kier molecular flexibility index (Phi) is 3.81. The summed E-state index contributed by atoms with van der Waals surface area (Å²) in [6, 6.07) is 11.7. The molecule has 0 atom stereocenters. The van der Waals surface area contributed by atoms with Crippen LogP contribution in [0.1, 0.15) is 20.1 Å². The van der Waals surface area contributed by atoms with Crippen molar-refractivity contribution in [1.29, 1.82) is 0 Å². The van der Waals surface area contributed by atoms with Gasteiger partial charge in [0.15, 0.2) is 6.29 Å². The van der Waals surface area contributed by atoms with Crippen LogP contribution in [0.15, 0.2) is 36.4 Å². The summed E-state index contributed by atoms with van der Waals surface area (Å²) < 4.78 is 0. The van der Waals surface area contributed by atoms with Gasteiger partial charge in [-0.15, -0.1) is 11.3 Å². The quantitative estimate of drug-likeness (QED) is 0.607. The smallest absolute Gasteiger partial charge is 0.160 e. The second kappa shape index (κ2) is 5.52. The Labute approximate surface area is 111 Å². The molecule has 0 saturated carbocycles. The maximum Gasteiger partial charge on any atom is 0.160 e. The van der Waals surface area contributed by atoms with Gasteiger partial charge in [-0.1, -0.05) is 11.8 Å². The number of thiophene rings is 1. The van der Waals surface area contributed by atoms with Crippen molar-refractivity contribution in [1.82, 2.24) is 0 Å². The summed E-state index contributed by atoms with van der Waals surface area (Å²) in [7, 11) is 4.01. The lowest BCUT2D eigenvalue weighted by atomic mass is 10.2. The molecule has 0 aliphatic rings. The van der Waals surface area contributed by atoms with Crippen molar-refractivity contribution in [3.63, 3.8) is 0 Å². The van der Waals surface area contributed by atoms with Crippen LogP contribution in [0.5, 0.6) is 0 Å². The third kappa shape index (κ3) is 2.99. The lowest BCUT2D eigenvalue weighted by Crippen LogP contribution is -2.07. The Bertz CT molecular complexity index is 599. The van der Waals surface area contributed by atoms with Gasteiger partial charge in [0.25, 0.3) is 0 Å². The van der Waals surface area contributed by atoms with E-state index in [1.807, 2.05) is 49.3 Å². The van der Waals surface area contributed by atoms with Crippen LogP contribution in [-0.4, -0.2) is 20.4 Å². The molecule has 0 fully saturated rings. The highest BCUT2D eigenvalue weighted by Gasteiger charge is 1.96. The van der Waals surface area contributed by atoms with Crippen LogP contribution in [0.4, 0.5) is 5.69 Å². The van der Waals surface area contributed by atoms with Gasteiger partial charge < -0.3 is 4.90 Å². The highest BCUT2D eigenvalue weighted by molar-refractivity contribution is 7.14. The normalized spacial score (nSPS) is 9.44. The minimum Gasteiger partial charge on any atom is -0.378 e. The van der Waals surface area contributed by atoms with Gasteiger partial charge >= 0.3 is 0 Å². The van der Waals surface area contributed by atoms with E-state index in [0.717, 1.165) is 22.4 Å². The van der Waals surface area contributed by atoms with Crippen molar-refractivity contribution in [3.05, 3.63) is 51.7 Å². The third-order valence-corrected chi connectivity index (χ3v) is 3.38. The Morgan fingerprint density at radius 1 is 1.06 bits per heavy atom. The fourth-order valence-corrected chi connectivity index (χ4v) is 2.14. The fourth-order valence-electron chi connectivity index (χ4n) is 1.46. The molecular formula is C15H13NOS. The Morgan fingerprint density at radius 3 is 2.33 bits per heavy atom. The minimum absolute atomic E-state index is 0.710. The monoisotopic (exact) mass is 255 g/mol. The number of carbonyl (C=O) groups excluding carboxylic acids is 1. The van der Waals surface area contributed by atoms with E-state index in [9.17, 15) is 4.79 Å². The van der Waals surface area contributed by atoms with Crippen LogP contribution in [0.2, 0.25) is 0 Å². The molecule has 0 aliphatic carbocycles. The topological polar surface area (TPSA) is 20.3 Å². The van der Waals surface area contributed by atoms with Crippen molar-refractivity contribution < 1.29 is 4.79 Å². The van der Waals surface area contributed by atoms with Gasteiger partial charge in [-0.2, -0.15) is 0 Å². The summed E-state index contributed by atoms with van der Waals surface area (Å²) in [6.07, 6.45) is 0.849. The van der Waals surface area contributed by atoms with Crippen molar-refractivity contribution >= 4 is 23.3 Å². The summed E-state index contributed by atoms with van der Waals surface area (Å²) in [5.41, 5.74) is 2.13. The van der Waals surface area contributed by atoms with Crippen molar-refractivity contribution in [2.45, 2.75) is 0 Å². The zero-order chi connectivity index (χ0) is 13.0. The number of benzene rings is 1. The lowest BCUT2D eigenvalue weighted by Gasteiger charge is -2.11. The summed E-state index contributed by atoms with van der Waals surface area (Å²) >= 11 is 1.41. The maximum atomic E-state index is 10.6. The molecule has 90 valence electrons. The van der Waals surface area contributed by atoms with Crippen LogP contribution in [0.3, 0.4) is 0 Å². The third-order valence-electron chi connectivity index (χ3n) is 2.46. The van der Waals surface area contributed by atoms with E-state index in [4.69, 9.17) is 0 Å². The van der Waals surface area contributed by atoms with Gasteiger partial charge in [-0.25, -0.2) is 0 Å². The predicted molar refractivity (Wildman–Crippen MR) is 76.5 cm³/mol. The molecule has 2 aromatic rings. The Hall–Kier alpha value is -2.05. The second-order valence-corrected chi connectivity index (χ2v) is 5.13. The zero-order valence-corrected chi connectivity index (χ0v) is 11.1. The van der Waals surface area contributed by atoms with Gasteiger partial charge in [0.1, 0.15) is 0 Å². The second-order valence-electron chi connectivity index (χ2n) is 4.01. The van der Waals surface area contributed by atoms with Gasteiger partial charge in [0.05, 0.1) is 9.75 Å². The molecule has 0 N–H and O–H groups in total. The molecule has 0 radical (unpaired) electrons. The first kappa shape index (κ1) is 12.4. The average Bonchev–Trinajstić information content (AvgIpc) is 2.85. The van der Waals surface area contributed by atoms with E-state index in [1.54, 1.807) is 6.07 Å². The number of carbonyl (C=O) groups is 1. The number of hydrogen-bond donors (Lipinski definition) is 0. The number of hydrogen-bond acceptors (Lipinski definition) is 3. The minimum atomic E-state index is 0.710. The van der Waals surface area contributed by atoms with E-state index < -0.39 is 0 Å². The maximum absolute atomic E-state index is 10.6. The number of anilines is 1. The summed E-state index contributed by atoms with van der Waals surface area (Å²) in [6.45, 7) is 0. The van der Waals surface area contributed by atoms with Gasteiger partial charge in [-0.3, -0.25) is 4.79 Å². The molecule has 2 rings (SSSR count). The van der Waals surface area contributed by atoms with Gasteiger partial charge in [0, 0.05) is 25.3 Å². The van der Waals surface area contributed by atoms with Crippen molar-refractivity contribution in [2.75, 3.05) is 19.0 Å². The fraction of sp³-hybridized carbons (Fsp3) is 0.133. The summed E-state index contributed by atoms with van der Waals surface area (Å²) in [4.78, 5) is 14.2. The van der Waals surface area contributed by atoms with Gasteiger partial charge in [-0.05, 0) is 36.4 Å². The lowest BCUT2D eigenvalue weighted by molar-refractivity contribution is 0.112. The van der Waals surface area contributed by atoms with E-state index in [0.29, 0.717) is 4.88 Å². The molecule has 1 heterocycles. The molecule has 0 spiro atoms. The highest BCUT2D eigenvalue weighted by Crippen LogP contribution is 2.14. The molecule has 0 unspecified atom stereocenters. The largest absolute Gasteiger partial charge is 0.378 e. The van der Waals surface area contributed by atoms with Crippen molar-refractivity contribution in [2.24, 2.45) is 0 Å². The molecule has 3 heteroatoms. The Balaban J connectivity index is 2.16. The van der Waals surface area contributed by atoms with Crippen LogP contribution in [-0.2, 0) is 0 Å². The molecule has 0 bridgehead atoms. The molecule has 18 heavy (non-hydrogen) atoms. The average molecular weight is 255 g/mol. The predicted octanol–water partition coefficient (Wildman–Crippen LogP) is 3.03. The van der Waals surface area contributed by atoms with E-state index in [2.05, 4.69) is 11.8 Å². The molecule has 1 aromatic carbocycles. The van der Waals surface area contributed by atoms with E-state index in [-0.39, 0.29) is 0 Å². The SMILES string of the molecule is CN(C)c1ccc(C#Cc2ccc(C=O)s2)cc1. The first-order chi connectivity index (χ1) is 8.69. The summed E-state index contributed by atoms with van der Waals surface area (Å²) in [5.74, 6) is 6.15. The molecule has 1 aromatic heterocycles. The highest BCUT2D eigenvalue weighted by atomic mass is 32.1. The zero-order valence-electron chi connectivity index (χ0n) is 10.3. The number of aldehydes is 1. The van der Waals surface area contributed by atoms with Crippen LogP contribution in [0, 0.1) is 11.8 Å². The molecule has 2 nitrogen and oxygen atoms in total. The van der Waals surface area contributed by atoms with Crippen molar-refractivity contribution in [3.8, 4) is 11.8 Å². The van der Waals surface area contributed by atoms with Crippen LogP contribution >= 0.6 is 11.3 Å². The van der Waals surface area contributed by atoms with Crippen LogP contribution < -0.4 is 4.90 Å². The number of rotatable bonds is 2. The van der Waals surface area contributed by atoms with Gasteiger partial charge in [0.2, 0.25) is 0 Å². The number of nitrogens with zero attached hydrogens (tertiary/aromatic N) is 1. The first-order valence-corrected chi connectivity index (χ1v) is 6.35. The molecule has 0 aliphatic heterocycles. The molecular weight excluding hydrogens is 242 g/mol. The van der Waals surface area contributed by atoms with E-state index >= 15 is 0 Å². The first-order valence-electron chi connectivity index (χ1n) is 5.53. The molecule has 0 amide bonds. The molecule has 0 saturated heterocycles. The van der Waals surface area contributed by atoms with Crippen LogP contribution in [0.25, 0.3) is 0 Å². The van der Waals surface area contributed by atoms with E-state index in [1.165, 1.54) is 11.3 Å². The Morgan fingerprint density at radius 2 is 1.78 bits per heavy atom. The standard InChI is InChI=1S/C15H13NOS/c1-16(2)13-6-3-12(4-7-13)5-8-14-9-10-15(11-17)18-14/h3-4,6-7,9-11H,1-2H3.